The molecule has 9 nitrogen and oxygen atoms in total. The van der Waals surface area contributed by atoms with Gasteiger partial charge in [0.25, 0.3) is 0 Å². The molecule has 2 saturated heterocycles. The first-order valence-electron chi connectivity index (χ1n) is 11.2. The number of rotatable bonds is 7. The number of hydrogen-bond donors (Lipinski definition) is 2. The molecule has 1 aromatic carbocycles. The van der Waals surface area contributed by atoms with E-state index in [0.29, 0.717) is 48.3 Å². The summed E-state index contributed by atoms with van der Waals surface area (Å²) in [7, 11) is 1.65. The minimum absolute atomic E-state index is 0.175. The molecule has 5 rings (SSSR count). The summed E-state index contributed by atoms with van der Waals surface area (Å²) >= 11 is 0. The predicted octanol–water partition coefficient (Wildman–Crippen LogP) is 2.71. The normalized spacial score (nSPS) is 19.7. The Morgan fingerprint density at radius 2 is 1.85 bits per heavy atom. The smallest absolute Gasteiger partial charge is 0.215 e. The number of phenols is 1. The van der Waals surface area contributed by atoms with Crippen LogP contribution in [0.5, 0.6) is 11.6 Å². The van der Waals surface area contributed by atoms with Crippen molar-refractivity contribution in [3.05, 3.63) is 48.7 Å². The Balaban J connectivity index is 1.37. The summed E-state index contributed by atoms with van der Waals surface area (Å²) in [5, 5.41) is 18.7. The maximum atomic E-state index is 10.2. The Labute approximate surface area is 192 Å². The lowest BCUT2D eigenvalue weighted by atomic mass is 10.1. The third kappa shape index (κ3) is 4.23. The van der Waals surface area contributed by atoms with Crippen LogP contribution in [0, 0.1) is 0 Å². The summed E-state index contributed by atoms with van der Waals surface area (Å²) in [4.78, 5) is 9.11. The van der Waals surface area contributed by atoms with Crippen LogP contribution in [0.15, 0.2) is 48.7 Å². The Morgan fingerprint density at radius 1 is 1.06 bits per heavy atom. The summed E-state index contributed by atoms with van der Waals surface area (Å²) in [6.07, 6.45) is 4.01. The number of ether oxygens (including phenoxy) is 2. The number of aromatic hydroxyl groups is 1. The lowest BCUT2D eigenvalue weighted by Gasteiger charge is -2.43. The molecule has 2 fully saturated rings. The molecule has 0 aliphatic carbocycles. The van der Waals surface area contributed by atoms with E-state index in [1.807, 2.05) is 30.3 Å². The van der Waals surface area contributed by atoms with Gasteiger partial charge in [-0.2, -0.15) is 0 Å². The number of aromatic nitrogens is 3. The van der Waals surface area contributed by atoms with Crippen LogP contribution in [0.2, 0.25) is 0 Å². The van der Waals surface area contributed by atoms with Gasteiger partial charge in [-0.25, -0.2) is 4.98 Å². The van der Waals surface area contributed by atoms with Crippen LogP contribution in [-0.2, 0) is 4.74 Å². The van der Waals surface area contributed by atoms with E-state index in [-0.39, 0.29) is 5.75 Å². The summed E-state index contributed by atoms with van der Waals surface area (Å²) in [5.74, 6) is 1.19. The number of nitrogen functional groups attached to an aromatic ring is 1. The molecule has 0 saturated carbocycles. The lowest BCUT2D eigenvalue weighted by molar-refractivity contribution is 0.144. The zero-order chi connectivity index (χ0) is 22.8. The Bertz CT molecular complexity index is 1110. The van der Waals surface area contributed by atoms with E-state index < -0.39 is 0 Å². The number of nitrogens with zero attached hydrogens (tertiary/aromatic N) is 5. The summed E-state index contributed by atoms with van der Waals surface area (Å²) in [6, 6.07) is 13.8. The number of methoxy groups -OCH3 is 1. The predicted molar refractivity (Wildman–Crippen MR) is 127 cm³/mol. The molecule has 4 heterocycles. The molecule has 9 heteroatoms. The monoisotopic (exact) mass is 448 g/mol. The van der Waals surface area contributed by atoms with Gasteiger partial charge in [-0.3, -0.25) is 0 Å². The summed E-state index contributed by atoms with van der Waals surface area (Å²) in [6.45, 7) is 2.66. The number of nitrogens with two attached hydrogens (primary N) is 1. The Kier molecular flexibility index (Phi) is 5.87. The van der Waals surface area contributed by atoms with Gasteiger partial charge in [-0.1, -0.05) is 12.1 Å². The zero-order valence-electron chi connectivity index (χ0n) is 18.6. The van der Waals surface area contributed by atoms with Crippen molar-refractivity contribution in [3.63, 3.8) is 0 Å². The van der Waals surface area contributed by atoms with E-state index in [0.717, 1.165) is 37.3 Å². The average Bonchev–Trinajstić information content (AvgIpc) is 3.10. The number of piperazine rings is 1. The highest BCUT2D eigenvalue weighted by atomic mass is 16.5. The zero-order valence-corrected chi connectivity index (χ0v) is 18.6. The molecule has 2 bridgehead atoms. The van der Waals surface area contributed by atoms with Crippen LogP contribution in [0.3, 0.4) is 0 Å². The van der Waals surface area contributed by atoms with Gasteiger partial charge in [-0.05, 0) is 37.1 Å². The Hall–Kier alpha value is -3.59. The number of anilines is 3. The van der Waals surface area contributed by atoms with Gasteiger partial charge in [0.15, 0.2) is 5.82 Å². The molecule has 3 N–H and O–H groups in total. The number of hydrogen-bond acceptors (Lipinski definition) is 9. The van der Waals surface area contributed by atoms with E-state index in [1.165, 1.54) is 0 Å². The molecule has 0 amide bonds. The second-order valence-electron chi connectivity index (χ2n) is 8.41. The number of fused-ring (bicyclic) bond motifs is 2. The second-order valence-corrected chi connectivity index (χ2v) is 8.41. The van der Waals surface area contributed by atoms with Crippen LogP contribution in [0.25, 0.3) is 11.3 Å². The lowest BCUT2D eigenvalue weighted by Crippen LogP contribution is -2.54. The van der Waals surface area contributed by atoms with Crippen molar-refractivity contribution >= 4 is 17.2 Å². The molecule has 3 aromatic rings. The topological polar surface area (TPSA) is 110 Å². The number of phenolic OH excluding ortho intramolecular Hbond substituents is 1. The van der Waals surface area contributed by atoms with Crippen molar-refractivity contribution < 1.29 is 14.6 Å². The molecule has 0 radical (unpaired) electrons. The van der Waals surface area contributed by atoms with E-state index in [2.05, 4.69) is 25.0 Å². The maximum Gasteiger partial charge on any atom is 0.215 e. The number of para-hydroxylation sites is 1. The second kappa shape index (κ2) is 9.11. The van der Waals surface area contributed by atoms with Crippen LogP contribution in [-0.4, -0.2) is 65.8 Å². The molecule has 2 aromatic heterocycles. The summed E-state index contributed by atoms with van der Waals surface area (Å²) in [5.41, 5.74) is 9.48. The van der Waals surface area contributed by atoms with Gasteiger partial charge in [0.2, 0.25) is 5.88 Å². The molecule has 0 spiro atoms. The van der Waals surface area contributed by atoms with Crippen molar-refractivity contribution in [2.45, 2.75) is 24.9 Å². The molecule has 2 aliphatic rings. The van der Waals surface area contributed by atoms with Crippen molar-refractivity contribution in [1.82, 2.24) is 15.2 Å². The highest BCUT2D eigenvalue weighted by Crippen LogP contribution is 2.39. The molecule has 2 aliphatic heterocycles. The third-order valence-corrected chi connectivity index (χ3v) is 6.36. The van der Waals surface area contributed by atoms with E-state index in [1.54, 1.807) is 25.4 Å². The van der Waals surface area contributed by atoms with Crippen molar-refractivity contribution in [2.75, 3.05) is 48.9 Å². The van der Waals surface area contributed by atoms with E-state index >= 15 is 0 Å². The van der Waals surface area contributed by atoms with Crippen LogP contribution in [0.1, 0.15) is 12.8 Å². The van der Waals surface area contributed by atoms with Crippen molar-refractivity contribution in [2.24, 2.45) is 0 Å². The quantitative estimate of drug-likeness (QED) is 0.527. The molecular weight excluding hydrogens is 420 g/mol. The van der Waals surface area contributed by atoms with Gasteiger partial charge < -0.3 is 30.1 Å². The fraction of sp³-hybridized carbons (Fsp3) is 0.375. The van der Waals surface area contributed by atoms with Gasteiger partial charge in [0.1, 0.15) is 12.4 Å². The van der Waals surface area contributed by atoms with E-state index in [4.69, 9.17) is 15.2 Å². The van der Waals surface area contributed by atoms with E-state index in [9.17, 15) is 5.11 Å². The van der Waals surface area contributed by atoms with Gasteiger partial charge in [-0.15, -0.1) is 10.2 Å². The van der Waals surface area contributed by atoms with Gasteiger partial charge in [0, 0.05) is 55.8 Å². The van der Waals surface area contributed by atoms with Crippen LogP contribution < -0.4 is 20.3 Å². The first-order valence-corrected chi connectivity index (χ1v) is 11.2. The molecular formula is C24H28N6O3. The SMILES string of the molecule is COCCOc1cc(N2[C@@H]3CC[C@H]2CN(c2cc(-c4ccccc4O)nnc2N)C3)ccn1. The fourth-order valence-corrected chi connectivity index (χ4v) is 4.86. The van der Waals surface area contributed by atoms with Gasteiger partial charge >= 0.3 is 0 Å². The minimum Gasteiger partial charge on any atom is -0.507 e. The van der Waals surface area contributed by atoms with Crippen LogP contribution >= 0.6 is 0 Å². The average molecular weight is 449 g/mol. The molecule has 33 heavy (non-hydrogen) atoms. The third-order valence-electron chi connectivity index (χ3n) is 6.36. The largest absolute Gasteiger partial charge is 0.507 e. The highest BCUT2D eigenvalue weighted by Gasteiger charge is 2.40. The Morgan fingerprint density at radius 3 is 2.61 bits per heavy atom. The number of benzene rings is 1. The van der Waals surface area contributed by atoms with Crippen molar-refractivity contribution in [1.29, 1.82) is 0 Å². The highest BCUT2D eigenvalue weighted by molar-refractivity contribution is 5.74. The van der Waals surface area contributed by atoms with Crippen LogP contribution in [0.4, 0.5) is 17.2 Å². The standard InChI is InChI=1S/C24H28N6O3/c1-32-10-11-33-23-12-16(8-9-26-23)30-17-6-7-18(30)15-29(14-17)21-13-20(27-28-24(21)25)19-4-2-3-5-22(19)31/h2-5,8-9,12-13,17-18,31H,6-7,10-11,14-15H2,1H3,(H2,25,28)/t17-,18+. The summed E-state index contributed by atoms with van der Waals surface area (Å²) < 4.78 is 10.8. The molecule has 0 unspecified atom stereocenters. The van der Waals surface area contributed by atoms with Gasteiger partial charge in [0.05, 0.1) is 18.0 Å². The number of pyridine rings is 1. The molecule has 2 atom stereocenters. The molecule has 172 valence electrons. The maximum absolute atomic E-state index is 10.2. The first kappa shape index (κ1) is 21.3. The van der Waals surface area contributed by atoms with Crippen molar-refractivity contribution in [3.8, 4) is 22.9 Å². The minimum atomic E-state index is 0.175. The first-order chi connectivity index (χ1) is 16.1. The fourth-order valence-electron chi connectivity index (χ4n) is 4.86.